The van der Waals surface area contributed by atoms with Gasteiger partial charge in [0, 0.05) is 12.2 Å². The summed E-state index contributed by atoms with van der Waals surface area (Å²) in [5, 5.41) is 3.48. The predicted octanol–water partition coefficient (Wildman–Crippen LogP) is 2.41. The Balaban J connectivity index is 1.86. The highest BCUT2D eigenvalue weighted by Gasteiger charge is 2.44. The maximum absolute atomic E-state index is 5.93. The number of ether oxygens (including phenoxy) is 1. The molecule has 3 N–H and O–H groups in total. The lowest BCUT2D eigenvalue weighted by atomic mass is 10.1. The molecular formula is C14H22N2O. The molecule has 0 saturated heterocycles. The number of nitrogens with two attached hydrogens (primary N) is 1. The van der Waals surface area contributed by atoms with Crippen LogP contribution < -0.4 is 15.8 Å². The van der Waals surface area contributed by atoms with Crippen LogP contribution in [0.25, 0.3) is 0 Å². The first kappa shape index (κ1) is 12.2. The fourth-order valence-electron chi connectivity index (χ4n) is 2.17. The summed E-state index contributed by atoms with van der Waals surface area (Å²) in [5.41, 5.74) is 8.41. The Kier molecular flexibility index (Phi) is 3.29. The summed E-state index contributed by atoms with van der Waals surface area (Å²) >= 11 is 0. The van der Waals surface area contributed by atoms with Crippen molar-refractivity contribution in [2.45, 2.75) is 26.8 Å². The number of rotatable bonds is 5. The van der Waals surface area contributed by atoms with Gasteiger partial charge in [-0.1, -0.05) is 13.8 Å². The Morgan fingerprint density at radius 3 is 2.76 bits per heavy atom. The second kappa shape index (κ2) is 4.57. The van der Waals surface area contributed by atoms with Gasteiger partial charge in [-0.05, 0) is 48.1 Å². The van der Waals surface area contributed by atoms with Crippen molar-refractivity contribution in [3.05, 3.63) is 23.8 Å². The van der Waals surface area contributed by atoms with E-state index in [1.165, 1.54) is 6.42 Å². The van der Waals surface area contributed by atoms with Crippen LogP contribution in [0.1, 0.15) is 25.8 Å². The first-order chi connectivity index (χ1) is 8.03. The minimum absolute atomic E-state index is 0.535. The van der Waals surface area contributed by atoms with Crippen LogP contribution in [0.5, 0.6) is 5.75 Å². The van der Waals surface area contributed by atoms with Gasteiger partial charge in [0.2, 0.25) is 0 Å². The lowest BCUT2D eigenvalue weighted by Gasteiger charge is -2.10. The molecule has 1 fully saturated rings. The van der Waals surface area contributed by atoms with Crippen molar-refractivity contribution in [1.82, 2.24) is 5.32 Å². The van der Waals surface area contributed by atoms with Crippen LogP contribution in [0.3, 0.4) is 0 Å². The average Bonchev–Trinajstić information content (AvgIpc) is 2.89. The van der Waals surface area contributed by atoms with Crippen LogP contribution in [-0.4, -0.2) is 13.7 Å². The van der Waals surface area contributed by atoms with Crippen LogP contribution in [0.4, 0.5) is 5.69 Å². The highest BCUT2D eigenvalue weighted by atomic mass is 16.5. The Morgan fingerprint density at radius 2 is 2.18 bits per heavy atom. The predicted molar refractivity (Wildman–Crippen MR) is 71.0 cm³/mol. The quantitative estimate of drug-likeness (QED) is 0.769. The number of hydrogen-bond acceptors (Lipinski definition) is 3. The Bertz CT molecular complexity index is 401. The molecule has 3 heteroatoms. The molecule has 2 rings (SSSR count). The van der Waals surface area contributed by atoms with Crippen LogP contribution in [-0.2, 0) is 6.54 Å². The zero-order valence-electron chi connectivity index (χ0n) is 10.9. The van der Waals surface area contributed by atoms with Gasteiger partial charge >= 0.3 is 0 Å². The molecule has 0 radical (unpaired) electrons. The minimum Gasteiger partial charge on any atom is -0.497 e. The van der Waals surface area contributed by atoms with E-state index in [1.54, 1.807) is 7.11 Å². The van der Waals surface area contributed by atoms with Gasteiger partial charge in [0.1, 0.15) is 5.75 Å². The van der Waals surface area contributed by atoms with Gasteiger partial charge in [-0.2, -0.15) is 0 Å². The van der Waals surface area contributed by atoms with Gasteiger partial charge in [-0.3, -0.25) is 0 Å². The smallest absolute Gasteiger partial charge is 0.119 e. The summed E-state index contributed by atoms with van der Waals surface area (Å²) < 4.78 is 5.20. The molecule has 0 aromatic heterocycles. The zero-order chi connectivity index (χ0) is 12.5. The van der Waals surface area contributed by atoms with E-state index in [4.69, 9.17) is 10.5 Å². The minimum atomic E-state index is 0.535. The second-order valence-corrected chi connectivity index (χ2v) is 5.59. The third-order valence-electron chi connectivity index (χ3n) is 3.77. The van der Waals surface area contributed by atoms with Gasteiger partial charge in [-0.25, -0.2) is 0 Å². The summed E-state index contributed by atoms with van der Waals surface area (Å²) in [6.45, 7) is 6.53. The van der Waals surface area contributed by atoms with E-state index in [0.29, 0.717) is 5.41 Å². The fourth-order valence-corrected chi connectivity index (χ4v) is 2.17. The SMILES string of the molecule is COc1ccc(N)c(CNCC2CC2(C)C)c1. The van der Waals surface area contributed by atoms with Crippen LogP contribution in [0.2, 0.25) is 0 Å². The topological polar surface area (TPSA) is 47.3 Å². The maximum atomic E-state index is 5.93. The second-order valence-electron chi connectivity index (χ2n) is 5.59. The Morgan fingerprint density at radius 1 is 1.47 bits per heavy atom. The summed E-state index contributed by atoms with van der Waals surface area (Å²) in [6, 6.07) is 5.79. The van der Waals surface area contributed by atoms with Crippen LogP contribution in [0, 0.1) is 11.3 Å². The Labute approximate surface area is 103 Å². The molecule has 0 spiro atoms. The number of nitrogens with one attached hydrogen (secondary N) is 1. The van der Waals surface area contributed by atoms with Crippen molar-refractivity contribution in [1.29, 1.82) is 0 Å². The lowest BCUT2D eigenvalue weighted by Crippen LogP contribution is -2.18. The molecule has 0 bridgehead atoms. The maximum Gasteiger partial charge on any atom is 0.119 e. The molecule has 3 nitrogen and oxygen atoms in total. The van der Waals surface area contributed by atoms with E-state index in [9.17, 15) is 0 Å². The van der Waals surface area contributed by atoms with Crippen molar-refractivity contribution < 1.29 is 4.74 Å². The number of anilines is 1. The molecule has 1 aliphatic rings. The normalized spacial score (nSPS) is 21.2. The molecule has 0 aliphatic heterocycles. The monoisotopic (exact) mass is 234 g/mol. The van der Waals surface area contributed by atoms with E-state index in [1.807, 2.05) is 18.2 Å². The van der Waals surface area contributed by atoms with Gasteiger partial charge in [0.25, 0.3) is 0 Å². The highest BCUT2D eigenvalue weighted by Crippen LogP contribution is 2.50. The van der Waals surface area contributed by atoms with E-state index in [2.05, 4.69) is 19.2 Å². The van der Waals surface area contributed by atoms with E-state index in [-0.39, 0.29) is 0 Å². The standard InChI is InChI=1S/C14H22N2O/c1-14(2)7-11(14)9-16-8-10-6-12(17-3)4-5-13(10)15/h4-6,11,16H,7-9,15H2,1-3H3. The van der Waals surface area contributed by atoms with Gasteiger partial charge in [0.15, 0.2) is 0 Å². The van der Waals surface area contributed by atoms with Gasteiger partial charge in [0.05, 0.1) is 7.11 Å². The summed E-state index contributed by atoms with van der Waals surface area (Å²) in [7, 11) is 1.68. The lowest BCUT2D eigenvalue weighted by molar-refractivity contribution is 0.414. The van der Waals surface area contributed by atoms with E-state index >= 15 is 0 Å². The first-order valence-corrected chi connectivity index (χ1v) is 6.16. The molecule has 1 unspecified atom stereocenters. The molecule has 1 aliphatic carbocycles. The Hall–Kier alpha value is -1.22. The molecule has 17 heavy (non-hydrogen) atoms. The third-order valence-corrected chi connectivity index (χ3v) is 3.77. The first-order valence-electron chi connectivity index (χ1n) is 6.16. The van der Waals surface area contributed by atoms with Gasteiger partial charge < -0.3 is 15.8 Å². The summed E-state index contributed by atoms with van der Waals surface area (Å²) in [6.07, 6.45) is 1.33. The van der Waals surface area contributed by atoms with Crippen molar-refractivity contribution in [3.63, 3.8) is 0 Å². The molecule has 1 saturated carbocycles. The molecule has 0 amide bonds. The fraction of sp³-hybridized carbons (Fsp3) is 0.571. The van der Waals surface area contributed by atoms with Crippen molar-refractivity contribution >= 4 is 5.69 Å². The number of benzene rings is 1. The molecule has 1 aromatic rings. The number of nitrogen functional groups attached to an aromatic ring is 1. The average molecular weight is 234 g/mol. The van der Waals surface area contributed by atoms with Crippen LogP contribution >= 0.6 is 0 Å². The summed E-state index contributed by atoms with van der Waals surface area (Å²) in [5.74, 6) is 1.68. The largest absolute Gasteiger partial charge is 0.497 e. The zero-order valence-corrected chi connectivity index (χ0v) is 10.9. The number of methoxy groups -OCH3 is 1. The van der Waals surface area contributed by atoms with Crippen molar-refractivity contribution in [3.8, 4) is 5.75 Å². The highest BCUT2D eigenvalue weighted by molar-refractivity contribution is 5.50. The molecule has 1 aromatic carbocycles. The molecule has 1 atom stereocenters. The van der Waals surface area contributed by atoms with E-state index < -0.39 is 0 Å². The molecule has 94 valence electrons. The van der Waals surface area contributed by atoms with Crippen molar-refractivity contribution in [2.75, 3.05) is 19.4 Å². The summed E-state index contributed by atoms with van der Waals surface area (Å²) in [4.78, 5) is 0. The molecular weight excluding hydrogens is 212 g/mol. The van der Waals surface area contributed by atoms with E-state index in [0.717, 1.165) is 36.0 Å². The number of hydrogen-bond donors (Lipinski definition) is 2. The van der Waals surface area contributed by atoms with Gasteiger partial charge in [-0.15, -0.1) is 0 Å². The third kappa shape index (κ3) is 2.91. The van der Waals surface area contributed by atoms with Crippen molar-refractivity contribution in [2.24, 2.45) is 11.3 Å². The molecule has 0 heterocycles. The van der Waals surface area contributed by atoms with Crippen LogP contribution in [0.15, 0.2) is 18.2 Å².